The van der Waals surface area contributed by atoms with Crippen LogP contribution in [-0.2, 0) is 23.8 Å². The van der Waals surface area contributed by atoms with Gasteiger partial charge in [-0.1, -0.05) is 34.8 Å². The highest BCUT2D eigenvalue weighted by molar-refractivity contribution is 6.67. The Labute approximate surface area is 162 Å². The Bertz CT molecular complexity index is 461. The molecule has 146 valence electrons. The predicted molar refractivity (Wildman–Crippen MR) is 94.9 cm³/mol. The van der Waals surface area contributed by atoms with Crippen LogP contribution in [0.4, 0.5) is 4.79 Å². The van der Waals surface area contributed by atoms with E-state index < -0.39 is 52.1 Å². The van der Waals surface area contributed by atoms with Crippen LogP contribution < -0.4 is 5.32 Å². The maximum atomic E-state index is 12.1. The summed E-state index contributed by atoms with van der Waals surface area (Å²) in [6.07, 6.45) is -1.36. The van der Waals surface area contributed by atoms with Gasteiger partial charge in [-0.05, 0) is 41.5 Å². The minimum Gasteiger partial charge on any atom is -0.460 e. The summed E-state index contributed by atoms with van der Waals surface area (Å²) in [5, 5.41) is 2.26. The van der Waals surface area contributed by atoms with Crippen LogP contribution >= 0.6 is 34.8 Å². The molecule has 0 aromatic rings. The fraction of sp³-hybridized carbons (Fsp3) is 0.800. The van der Waals surface area contributed by atoms with Crippen LogP contribution in [0.3, 0.4) is 0 Å². The maximum absolute atomic E-state index is 12.1. The minimum atomic E-state index is -1.82. The van der Waals surface area contributed by atoms with Gasteiger partial charge in [-0.3, -0.25) is 4.79 Å². The number of alkyl halides is 3. The van der Waals surface area contributed by atoms with Gasteiger partial charge in [0, 0.05) is 0 Å². The van der Waals surface area contributed by atoms with Crippen LogP contribution in [0.25, 0.3) is 0 Å². The molecule has 0 heterocycles. The first-order valence-electron chi connectivity index (χ1n) is 7.43. The molecule has 25 heavy (non-hydrogen) atoms. The zero-order valence-electron chi connectivity index (χ0n) is 15.1. The van der Waals surface area contributed by atoms with Gasteiger partial charge in [-0.2, -0.15) is 0 Å². The van der Waals surface area contributed by atoms with E-state index in [4.69, 9.17) is 49.0 Å². The zero-order chi connectivity index (χ0) is 20.1. The highest BCUT2D eigenvalue weighted by Crippen LogP contribution is 2.26. The molecule has 10 heteroatoms. The minimum absolute atomic E-state index is 0.463. The van der Waals surface area contributed by atoms with Gasteiger partial charge in [0.15, 0.2) is 0 Å². The van der Waals surface area contributed by atoms with Gasteiger partial charge < -0.3 is 19.5 Å². The van der Waals surface area contributed by atoms with Gasteiger partial charge in [0.05, 0.1) is 6.42 Å². The van der Waals surface area contributed by atoms with E-state index in [0.29, 0.717) is 0 Å². The molecule has 0 aromatic heterocycles. The fourth-order valence-corrected chi connectivity index (χ4v) is 1.61. The molecule has 0 radical (unpaired) electrons. The van der Waals surface area contributed by atoms with E-state index in [0.717, 1.165) is 0 Å². The van der Waals surface area contributed by atoms with Gasteiger partial charge in [0.2, 0.25) is 3.79 Å². The number of hydrogen-bond acceptors (Lipinski definition) is 6. The van der Waals surface area contributed by atoms with Crippen LogP contribution in [0.1, 0.15) is 48.0 Å². The molecule has 0 unspecified atom stereocenters. The molecular formula is C15H24Cl3NO6. The molecule has 0 spiro atoms. The number of amides is 1. The van der Waals surface area contributed by atoms with Gasteiger partial charge in [0.1, 0.15) is 23.9 Å². The first-order valence-corrected chi connectivity index (χ1v) is 8.57. The predicted octanol–water partition coefficient (Wildman–Crippen LogP) is 3.52. The number of esters is 2. The fourth-order valence-electron chi connectivity index (χ4n) is 1.45. The molecule has 0 aliphatic carbocycles. The van der Waals surface area contributed by atoms with E-state index in [-0.39, 0.29) is 0 Å². The largest absolute Gasteiger partial charge is 0.460 e. The van der Waals surface area contributed by atoms with Crippen molar-refractivity contribution in [2.75, 3.05) is 6.61 Å². The molecule has 0 saturated carbocycles. The molecule has 1 atom stereocenters. The Morgan fingerprint density at radius 2 is 1.40 bits per heavy atom. The second-order valence-corrected chi connectivity index (χ2v) is 9.73. The van der Waals surface area contributed by atoms with Crippen molar-refractivity contribution in [3.05, 3.63) is 0 Å². The number of alkyl carbamates (subject to hydrolysis) is 1. The Hall–Kier alpha value is -0.920. The van der Waals surface area contributed by atoms with Crippen LogP contribution in [-0.4, -0.2) is 45.7 Å². The highest BCUT2D eigenvalue weighted by atomic mass is 35.6. The number of rotatable bonds is 5. The quantitative estimate of drug-likeness (QED) is 0.416. The Balaban J connectivity index is 5.01. The van der Waals surface area contributed by atoms with Gasteiger partial charge in [-0.25, -0.2) is 9.59 Å². The number of ether oxygens (including phenoxy) is 3. The second-order valence-electron chi connectivity index (χ2n) is 7.21. The normalized spacial score (nSPS) is 13.6. The summed E-state index contributed by atoms with van der Waals surface area (Å²) in [4.78, 5) is 35.9. The van der Waals surface area contributed by atoms with Crippen LogP contribution in [0.15, 0.2) is 0 Å². The smallest absolute Gasteiger partial charge is 0.408 e. The van der Waals surface area contributed by atoms with E-state index in [1.807, 2.05) is 0 Å². The zero-order valence-corrected chi connectivity index (χ0v) is 17.3. The van der Waals surface area contributed by atoms with Crippen molar-refractivity contribution < 1.29 is 28.6 Å². The third-order valence-corrected chi connectivity index (χ3v) is 2.47. The third kappa shape index (κ3) is 14.0. The highest BCUT2D eigenvalue weighted by Gasteiger charge is 2.32. The Kier molecular flexibility index (Phi) is 8.81. The van der Waals surface area contributed by atoms with Crippen LogP contribution in [0.5, 0.6) is 0 Å². The molecule has 0 aliphatic heterocycles. The third-order valence-electron chi connectivity index (χ3n) is 2.14. The summed E-state index contributed by atoms with van der Waals surface area (Å²) in [5.74, 6) is -1.66. The molecule has 0 rings (SSSR count). The summed E-state index contributed by atoms with van der Waals surface area (Å²) < 4.78 is 13.2. The van der Waals surface area contributed by atoms with E-state index in [1.54, 1.807) is 41.5 Å². The summed E-state index contributed by atoms with van der Waals surface area (Å²) in [7, 11) is 0. The Morgan fingerprint density at radius 3 is 1.80 bits per heavy atom. The van der Waals surface area contributed by atoms with Crippen LogP contribution in [0.2, 0.25) is 0 Å². The first-order chi connectivity index (χ1) is 11.0. The molecule has 0 bridgehead atoms. The molecule has 1 N–H and O–H groups in total. The average Bonchev–Trinajstić information content (AvgIpc) is 2.29. The number of carbonyl (C=O) groups is 3. The van der Waals surface area contributed by atoms with Gasteiger partial charge in [0.25, 0.3) is 0 Å². The van der Waals surface area contributed by atoms with Crippen LogP contribution in [0, 0.1) is 0 Å². The van der Waals surface area contributed by atoms with E-state index >= 15 is 0 Å². The number of nitrogens with one attached hydrogen (secondary N) is 1. The SMILES string of the molecule is CC(C)(C)OC(=O)C[C@H](NC(=O)OC(C)(C)C)C(=O)OCC(Cl)(Cl)Cl. The molecular weight excluding hydrogens is 397 g/mol. The lowest BCUT2D eigenvalue weighted by Gasteiger charge is -2.24. The first kappa shape index (κ1) is 24.1. The van der Waals surface area contributed by atoms with E-state index in [9.17, 15) is 14.4 Å². The lowest BCUT2D eigenvalue weighted by molar-refractivity contribution is -0.159. The summed E-state index contributed by atoms with van der Waals surface area (Å²) in [6.45, 7) is 9.41. The van der Waals surface area contributed by atoms with Crippen molar-refractivity contribution in [1.82, 2.24) is 5.32 Å². The molecule has 7 nitrogen and oxygen atoms in total. The maximum Gasteiger partial charge on any atom is 0.408 e. The summed E-state index contributed by atoms with van der Waals surface area (Å²) >= 11 is 16.6. The van der Waals surface area contributed by atoms with Crippen molar-refractivity contribution in [1.29, 1.82) is 0 Å². The number of carbonyl (C=O) groups excluding carboxylic acids is 3. The Morgan fingerprint density at radius 1 is 0.920 bits per heavy atom. The second kappa shape index (κ2) is 9.14. The molecule has 1 amide bonds. The number of halogens is 3. The molecule has 0 aromatic carbocycles. The van der Waals surface area contributed by atoms with Crippen molar-refractivity contribution >= 4 is 52.8 Å². The van der Waals surface area contributed by atoms with Crippen molar-refractivity contribution in [3.8, 4) is 0 Å². The standard InChI is InChI=1S/C15H24Cl3NO6/c1-13(2,3)24-10(20)7-9(11(21)23-8-15(16,17)18)19-12(22)25-14(4,5)6/h9H,7-8H2,1-6H3,(H,19,22)/t9-/m0/s1. The topological polar surface area (TPSA) is 90.9 Å². The summed E-state index contributed by atoms with van der Waals surface area (Å²) in [5.41, 5.74) is -1.54. The van der Waals surface area contributed by atoms with Crippen molar-refractivity contribution in [2.24, 2.45) is 0 Å². The average molecular weight is 421 g/mol. The summed E-state index contributed by atoms with van der Waals surface area (Å²) in [6, 6.07) is -1.35. The van der Waals surface area contributed by atoms with E-state index in [1.165, 1.54) is 0 Å². The molecule has 0 saturated heterocycles. The van der Waals surface area contributed by atoms with Gasteiger partial charge in [-0.15, -0.1) is 0 Å². The van der Waals surface area contributed by atoms with Gasteiger partial charge >= 0.3 is 18.0 Å². The lowest BCUT2D eigenvalue weighted by Crippen LogP contribution is -2.46. The van der Waals surface area contributed by atoms with Crippen molar-refractivity contribution in [3.63, 3.8) is 0 Å². The van der Waals surface area contributed by atoms with Crippen molar-refractivity contribution in [2.45, 2.75) is 69.0 Å². The number of hydrogen-bond donors (Lipinski definition) is 1. The lowest BCUT2D eigenvalue weighted by atomic mass is 10.1. The monoisotopic (exact) mass is 419 g/mol. The molecule has 0 fully saturated rings. The molecule has 0 aliphatic rings. The van der Waals surface area contributed by atoms with E-state index in [2.05, 4.69) is 5.32 Å².